The molecule has 0 amide bonds. The number of hydrogen-bond acceptors (Lipinski definition) is 7. The van der Waals surface area contributed by atoms with Crippen LogP contribution in [0.15, 0.2) is 91.0 Å². The van der Waals surface area contributed by atoms with E-state index in [1.807, 2.05) is 18.2 Å². The summed E-state index contributed by atoms with van der Waals surface area (Å²) in [4.78, 5) is 56.3. The zero-order valence-corrected chi connectivity index (χ0v) is 92.8. The Morgan fingerprint density at radius 1 is 0.213 bits per heavy atom. The maximum atomic E-state index is 11.3. The van der Waals surface area contributed by atoms with Crippen LogP contribution in [0.2, 0.25) is 0 Å². The monoisotopic (exact) mass is 2100 g/mol. The second kappa shape index (κ2) is 75.8. The van der Waals surface area contributed by atoms with Gasteiger partial charge in [-0.25, -0.2) is 0 Å². The van der Waals surface area contributed by atoms with Gasteiger partial charge in [0.05, 0.1) is 27.1 Å². The third-order valence-electron chi connectivity index (χ3n) is 31.7. The molecule has 0 saturated heterocycles. The van der Waals surface area contributed by atoms with Crippen LogP contribution in [0.1, 0.15) is 604 Å². The van der Waals surface area contributed by atoms with Crippen molar-refractivity contribution < 1.29 is 59.7 Å². The van der Waals surface area contributed by atoms with Crippen molar-refractivity contribution in [2.75, 3.05) is 0 Å². The average molecular weight is 2100 g/mol. The molecule has 0 aliphatic heterocycles. The second-order valence-electron chi connectivity index (χ2n) is 51.3. The molecule has 5 aliphatic carbocycles. The SMILES string of the molecule is C.C.C.C.C.C.C.C.C.C.CC(C)(C)CCCCCCc1cc(O)ccc1CCCCCC1(C(=O)O)CC1.CC(C)(C)CCCCCCc1ccc(O)cc1CCCCCC1(C(=O)O)CC1.Cc1ccc(CCCCCC2(C(=O)O)CC2)c(CCCCCCC(C)(C)C)c1.Cc1ccc(CCCCCCC(C)(C)C)c(CCCCCC2(C(=O)O)CC2)c1.Cc1cccc(CCCCCCC(C)(C)C)c1CCCCCC1(C(=O)O)CC1. The smallest absolute Gasteiger partial charge is 0.309 e. The fourth-order valence-corrected chi connectivity index (χ4v) is 21.0. The lowest BCUT2D eigenvalue weighted by molar-refractivity contribution is -0.144. The van der Waals surface area contributed by atoms with Crippen LogP contribution >= 0.6 is 0 Å². The number of aromatic hydroxyl groups is 2. The molecule has 10 rings (SSSR count). The Bertz CT molecular complexity index is 4150. The number of phenolic OH excluding ortho intramolecular Hbond substituents is 2. The van der Waals surface area contributed by atoms with Crippen LogP contribution in [0.5, 0.6) is 11.5 Å². The molecule has 5 fully saturated rings. The molecule has 5 aromatic rings. The van der Waals surface area contributed by atoms with Crippen molar-refractivity contribution in [3.05, 3.63) is 163 Å². The standard InChI is InChI=1S/3C26H42O2.2C25H40O3.10CH4/c1-21-13-12-15-22(14-8-5-6-10-17-25(2,3)4)23(21)16-9-7-11-18-26(19-20-26)24(27)28;1-21-14-15-22(12-9-7-11-17-26(18-19-26)24(27)28)23(20-21)13-8-5-6-10-16-25(2,3)4;1-21-14-15-22(12-8-5-6-10-16-25(2,3)4)23(20-21)13-9-7-11-17-26(18-19-26)24(27)28;1-24(2,3)15-9-5-4-7-12-21-19-22(26)14-13-20(21)11-8-6-10-16-25(17-18-25)23(27)28;1-24(2,3)15-9-5-4-7-11-20-13-14-22(26)19-21(20)12-8-6-10-16-25(17-18-25)23(27)28;;;;;;;;;;/h12-13,15H,5-11,14,16-20H2,1-4H3,(H,27,28);2*14-15,20H,5-13,16-19H2,1-4H3,(H,27,28);2*13-14,19,26H,4-12,15-18H2,1-3H3,(H,27,28);10*1H4. The van der Waals surface area contributed by atoms with Crippen LogP contribution in [-0.4, -0.2) is 65.6 Å². The summed E-state index contributed by atoms with van der Waals surface area (Å²) in [5.74, 6) is -2.21. The van der Waals surface area contributed by atoms with Crippen molar-refractivity contribution in [2.24, 2.45) is 54.1 Å². The minimum Gasteiger partial charge on any atom is -0.508 e. The van der Waals surface area contributed by atoms with Gasteiger partial charge in [-0.05, 0) is 390 Å². The van der Waals surface area contributed by atoms with E-state index in [1.54, 1.807) is 22.8 Å². The van der Waals surface area contributed by atoms with Crippen molar-refractivity contribution in [3.63, 3.8) is 0 Å². The minimum atomic E-state index is -0.606. The Hall–Kier alpha value is -6.95. The van der Waals surface area contributed by atoms with Gasteiger partial charge in [-0.15, -0.1) is 0 Å². The molecule has 0 spiro atoms. The predicted octanol–water partition coefficient (Wildman–Crippen LogP) is 42.7. The van der Waals surface area contributed by atoms with E-state index in [0.717, 1.165) is 218 Å². The molecule has 0 heterocycles. The summed E-state index contributed by atoms with van der Waals surface area (Å²) in [5, 5.41) is 66.1. The van der Waals surface area contributed by atoms with E-state index < -0.39 is 29.8 Å². The van der Waals surface area contributed by atoms with Gasteiger partial charge in [-0.3, -0.25) is 24.0 Å². The molecule has 12 nitrogen and oxygen atoms in total. The third kappa shape index (κ3) is 63.3. The summed E-state index contributed by atoms with van der Waals surface area (Å²) in [6, 6.07) is 32.3. The number of hydrogen-bond donors (Lipinski definition) is 7. The molecule has 5 aromatic carbocycles. The molecule has 7 N–H and O–H groups in total. The number of aryl methyl sites for hydroxylation is 12. The molecule has 5 aliphatic rings. The first kappa shape index (κ1) is 151. The predicted molar refractivity (Wildman–Crippen MR) is 656 cm³/mol. The van der Waals surface area contributed by atoms with E-state index in [1.165, 1.54) is 255 Å². The van der Waals surface area contributed by atoms with Crippen molar-refractivity contribution >= 4 is 29.8 Å². The Balaban J connectivity index is -0.000000574. The average Bonchev–Trinajstić information content (AvgIpc) is 1.66. The summed E-state index contributed by atoms with van der Waals surface area (Å²) in [7, 11) is 0. The Kier molecular flexibility index (Phi) is 76.6. The molecular formula is C138H246O12. The van der Waals surface area contributed by atoms with Gasteiger partial charge in [-0.2, -0.15) is 0 Å². The lowest BCUT2D eigenvalue weighted by atomic mass is 9.89. The molecule has 5 saturated carbocycles. The Morgan fingerprint density at radius 2 is 0.393 bits per heavy atom. The van der Waals surface area contributed by atoms with Gasteiger partial charge in [0, 0.05) is 0 Å². The highest BCUT2D eigenvalue weighted by Gasteiger charge is 2.52. The van der Waals surface area contributed by atoms with Crippen LogP contribution in [0.3, 0.4) is 0 Å². The number of carboxylic acid groups (broad SMARTS) is 5. The van der Waals surface area contributed by atoms with Crippen LogP contribution in [-0.2, 0) is 88.2 Å². The van der Waals surface area contributed by atoms with Crippen molar-refractivity contribution in [2.45, 2.75) is 616 Å². The first-order chi connectivity index (χ1) is 66.1. The first-order valence-electron chi connectivity index (χ1n) is 57.1. The number of phenols is 2. The highest BCUT2D eigenvalue weighted by Crippen LogP contribution is 2.54. The Morgan fingerprint density at radius 3 is 0.600 bits per heavy atom. The quantitative estimate of drug-likeness (QED) is 0.0181. The lowest BCUT2D eigenvalue weighted by Crippen LogP contribution is -2.14. The van der Waals surface area contributed by atoms with Crippen molar-refractivity contribution in [1.29, 1.82) is 0 Å². The molecule has 150 heavy (non-hydrogen) atoms. The second-order valence-corrected chi connectivity index (χ2v) is 51.3. The molecule has 0 radical (unpaired) electrons. The molecule has 0 aromatic heterocycles. The highest BCUT2D eigenvalue weighted by atomic mass is 16.4. The lowest BCUT2D eigenvalue weighted by Gasteiger charge is -2.17. The first-order valence-corrected chi connectivity index (χ1v) is 57.1. The van der Waals surface area contributed by atoms with Crippen LogP contribution in [0, 0.1) is 74.9 Å². The summed E-state index contributed by atoms with van der Waals surface area (Å²) in [6.07, 6.45) is 73.3. The summed E-state index contributed by atoms with van der Waals surface area (Å²) >= 11 is 0. The normalized spacial score (nSPS) is 14.5. The summed E-state index contributed by atoms with van der Waals surface area (Å²) < 4.78 is 0. The van der Waals surface area contributed by atoms with E-state index in [9.17, 15) is 59.7 Å². The molecular weight excluding hydrogens is 1850 g/mol. The van der Waals surface area contributed by atoms with Crippen LogP contribution < -0.4 is 0 Å². The third-order valence-corrected chi connectivity index (χ3v) is 31.7. The summed E-state index contributed by atoms with van der Waals surface area (Å²) in [5.41, 5.74) is 19.1. The van der Waals surface area contributed by atoms with Gasteiger partial charge in [0.25, 0.3) is 0 Å². The number of benzene rings is 5. The van der Waals surface area contributed by atoms with E-state index in [0.29, 0.717) is 38.6 Å². The van der Waals surface area contributed by atoms with Gasteiger partial charge in [0.2, 0.25) is 0 Å². The van der Waals surface area contributed by atoms with E-state index in [-0.39, 0.29) is 101 Å². The Labute approximate surface area is 928 Å². The molecule has 0 bridgehead atoms. The maximum absolute atomic E-state index is 11.3. The van der Waals surface area contributed by atoms with Gasteiger partial charge in [-0.1, -0.05) is 417 Å². The van der Waals surface area contributed by atoms with Gasteiger partial charge < -0.3 is 35.7 Å². The zero-order chi connectivity index (χ0) is 103. The van der Waals surface area contributed by atoms with Crippen molar-refractivity contribution in [1.82, 2.24) is 0 Å². The fourth-order valence-electron chi connectivity index (χ4n) is 21.0. The van der Waals surface area contributed by atoms with E-state index >= 15 is 0 Å². The largest absolute Gasteiger partial charge is 0.508 e. The maximum Gasteiger partial charge on any atom is 0.309 e. The summed E-state index contributed by atoms with van der Waals surface area (Å²) in [6.45, 7) is 41.4. The highest BCUT2D eigenvalue weighted by molar-refractivity contribution is 5.79. The molecule has 12 heteroatoms. The zero-order valence-electron chi connectivity index (χ0n) is 92.8. The fraction of sp³-hybridized carbons (Fsp3) is 0.746. The number of unbranched alkanes of at least 4 members (excludes halogenated alkanes) is 25. The van der Waals surface area contributed by atoms with Crippen molar-refractivity contribution in [3.8, 4) is 11.5 Å². The van der Waals surface area contributed by atoms with Crippen LogP contribution in [0.25, 0.3) is 0 Å². The minimum absolute atomic E-state index is 0. The van der Waals surface area contributed by atoms with E-state index in [2.05, 4.69) is 191 Å². The van der Waals surface area contributed by atoms with Crippen LogP contribution in [0.4, 0.5) is 0 Å². The number of carboxylic acids is 5. The van der Waals surface area contributed by atoms with Gasteiger partial charge in [0.15, 0.2) is 0 Å². The van der Waals surface area contributed by atoms with E-state index in [4.69, 9.17) is 0 Å². The molecule has 0 atom stereocenters. The molecule has 0 unspecified atom stereocenters. The topological polar surface area (TPSA) is 227 Å². The van der Waals surface area contributed by atoms with Gasteiger partial charge >= 0.3 is 29.8 Å². The number of carbonyl (C=O) groups is 5. The molecule has 870 valence electrons. The number of aliphatic carboxylic acids is 5. The number of rotatable bonds is 65. The van der Waals surface area contributed by atoms with Gasteiger partial charge in [0.1, 0.15) is 11.5 Å².